The van der Waals surface area contributed by atoms with E-state index in [0.717, 1.165) is 70.5 Å². The second kappa shape index (κ2) is 13.4. The third-order valence-electron chi connectivity index (χ3n) is 4.16. The molecule has 26 heavy (non-hydrogen) atoms. The Morgan fingerprint density at radius 1 is 1.15 bits per heavy atom. The molecule has 2 N–H and O–H groups in total. The molecule has 1 fully saturated rings. The zero-order valence-electron chi connectivity index (χ0n) is 15.9. The van der Waals surface area contributed by atoms with Gasteiger partial charge in [0.1, 0.15) is 12.4 Å². The van der Waals surface area contributed by atoms with Crippen molar-refractivity contribution in [3.8, 4) is 5.75 Å². The topological polar surface area (TPSA) is 64.1 Å². The molecule has 0 aliphatic carbocycles. The molecule has 1 aliphatic rings. The molecule has 6 nitrogen and oxygen atoms in total. The molecule has 0 aromatic heterocycles. The quantitative estimate of drug-likeness (QED) is 0.359. The molecular formula is C20H33N3O3. The van der Waals surface area contributed by atoms with Crippen molar-refractivity contribution in [2.75, 3.05) is 52.7 Å². The summed E-state index contributed by atoms with van der Waals surface area (Å²) >= 11 is 0. The summed E-state index contributed by atoms with van der Waals surface area (Å²) in [6.45, 7) is 8.33. The lowest BCUT2D eigenvalue weighted by atomic mass is 10.0. The molecule has 0 atom stereocenters. The van der Waals surface area contributed by atoms with Crippen LogP contribution in [0.15, 0.2) is 35.3 Å². The lowest BCUT2D eigenvalue weighted by Crippen LogP contribution is -2.39. The number of aliphatic imine (C=N–C) groups is 1. The van der Waals surface area contributed by atoms with Crippen LogP contribution in [0, 0.1) is 5.92 Å². The third-order valence-corrected chi connectivity index (χ3v) is 4.16. The Bertz CT molecular complexity index is 490. The maximum Gasteiger partial charge on any atom is 0.191 e. The van der Waals surface area contributed by atoms with Crippen molar-refractivity contribution in [3.63, 3.8) is 0 Å². The van der Waals surface area contributed by atoms with Crippen LogP contribution < -0.4 is 15.4 Å². The van der Waals surface area contributed by atoms with Crippen molar-refractivity contribution in [3.05, 3.63) is 30.3 Å². The van der Waals surface area contributed by atoms with Gasteiger partial charge in [-0.15, -0.1) is 0 Å². The lowest BCUT2D eigenvalue weighted by molar-refractivity contribution is 0.0205. The van der Waals surface area contributed by atoms with E-state index in [4.69, 9.17) is 14.2 Å². The van der Waals surface area contributed by atoms with Gasteiger partial charge in [-0.3, -0.25) is 4.99 Å². The second-order valence-corrected chi connectivity index (χ2v) is 6.33. The fourth-order valence-electron chi connectivity index (χ4n) is 2.72. The van der Waals surface area contributed by atoms with Crippen LogP contribution >= 0.6 is 0 Å². The number of ether oxygens (including phenoxy) is 3. The van der Waals surface area contributed by atoms with E-state index in [1.54, 1.807) is 0 Å². The molecule has 0 bridgehead atoms. The van der Waals surface area contributed by atoms with Gasteiger partial charge in [0.2, 0.25) is 0 Å². The van der Waals surface area contributed by atoms with Gasteiger partial charge in [-0.2, -0.15) is 0 Å². The van der Waals surface area contributed by atoms with Gasteiger partial charge in [-0.1, -0.05) is 18.2 Å². The van der Waals surface area contributed by atoms with Crippen molar-refractivity contribution in [2.24, 2.45) is 10.9 Å². The van der Waals surface area contributed by atoms with E-state index in [1.807, 2.05) is 30.3 Å². The fourth-order valence-corrected chi connectivity index (χ4v) is 2.72. The highest BCUT2D eigenvalue weighted by atomic mass is 16.5. The molecule has 0 spiro atoms. The number of nitrogens with zero attached hydrogens (tertiary/aromatic N) is 1. The average molecular weight is 364 g/mol. The Kier molecular flexibility index (Phi) is 10.6. The first-order valence-electron chi connectivity index (χ1n) is 9.74. The molecule has 1 aromatic rings. The number of guanidine groups is 1. The molecule has 1 aromatic carbocycles. The zero-order chi connectivity index (χ0) is 18.3. The van der Waals surface area contributed by atoms with E-state index in [9.17, 15) is 0 Å². The first-order valence-corrected chi connectivity index (χ1v) is 9.74. The highest BCUT2D eigenvalue weighted by Gasteiger charge is 2.13. The summed E-state index contributed by atoms with van der Waals surface area (Å²) in [6.07, 6.45) is 3.18. The van der Waals surface area contributed by atoms with Gasteiger partial charge in [-0.05, 0) is 44.2 Å². The summed E-state index contributed by atoms with van der Waals surface area (Å²) in [5, 5.41) is 6.55. The van der Waals surface area contributed by atoms with Crippen LogP contribution in [0.1, 0.15) is 26.2 Å². The number of para-hydroxylation sites is 1. The Labute approximate surface area is 157 Å². The molecule has 2 rings (SSSR count). The number of rotatable bonds is 11. The van der Waals surface area contributed by atoms with Crippen LogP contribution in [0.2, 0.25) is 0 Å². The average Bonchev–Trinajstić information content (AvgIpc) is 2.69. The second-order valence-electron chi connectivity index (χ2n) is 6.33. The first kappa shape index (κ1) is 20.5. The van der Waals surface area contributed by atoms with Crippen molar-refractivity contribution in [1.29, 1.82) is 0 Å². The molecule has 0 radical (unpaired) electrons. The lowest BCUT2D eigenvalue weighted by Gasteiger charge is -2.21. The molecule has 0 saturated carbocycles. The van der Waals surface area contributed by atoms with Gasteiger partial charge in [0.05, 0.1) is 6.54 Å². The summed E-state index contributed by atoms with van der Waals surface area (Å²) in [7, 11) is 0. The predicted octanol–water partition coefficient (Wildman–Crippen LogP) is 2.45. The third kappa shape index (κ3) is 9.06. The van der Waals surface area contributed by atoms with Gasteiger partial charge < -0.3 is 24.8 Å². The summed E-state index contributed by atoms with van der Waals surface area (Å²) in [4.78, 5) is 4.58. The summed E-state index contributed by atoms with van der Waals surface area (Å²) < 4.78 is 16.8. The van der Waals surface area contributed by atoms with Crippen LogP contribution in [-0.2, 0) is 9.47 Å². The summed E-state index contributed by atoms with van der Waals surface area (Å²) in [6, 6.07) is 9.84. The van der Waals surface area contributed by atoms with Gasteiger partial charge in [0, 0.05) is 39.5 Å². The van der Waals surface area contributed by atoms with E-state index >= 15 is 0 Å². The number of hydrogen-bond acceptors (Lipinski definition) is 4. The SMILES string of the molecule is CCNC(=NCCCOCC1CCOCC1)NCCOc1ccccc1. The molecule has 6 heteroatoms. The molecule has 1 saturated heterocycles. The highest BCUT2D eigenvalue weighted by Crippen LogP contribution is 2.14. The maximum atomic E-state index is 5.78. The highest BCUT2D eigenvalue weighted by molar-refractivity contribution is 5.79. The summed E-state index contributed by atoms with van der Waals surface area (Å²) in [5.41, 5.74) is 0. The van der Waals surface area contributed by atoms with Crippen molar-refractivity contribution >= 4 is 5.96 Å². The maximum absolute atomic E-state index is 5.78. The fraction of sp³-hybridized carbons (Fsp3) is 0.650. The molecule has 1 heterocycles. The Balaban J connectivity index is 1.53. The first-order chi connectivity index (χ1) is 12.9. The molecular weight excluding hydrogens is 330 g/mol. The Morgan fingerprint density at radius 3 is 2.73 bits per heavy atom. The predicted molar refractivity (Wildman–Crippen MR) is 105 cm³/mol. The van der Waals surface area contributed by atoms with Gasteiger partial charge in [0.25, 0.3) is 0 Å². The smallest absolute Gasteiger partial charge is 0.191 e. The standard InChI is InChI=1S/C20H33N3O3/c1-2-21-20(23-12-16-26-19-7-4-3-5-8-19)22-11-6-13-25-17-18-9-14-24-15-10-18/h3-5,7-8,18H,2,6,9-17H2,1H3,(H2,21,22,23). The normalized spacial score (nSPS) is 15.7. The van der Waals surface area contributed by atoms with E-state index in [0.29, 0.717) is 19.1 Å². The van der Waals surface area contributed by atoms with Crippen LogP contribution in [0.25, 0.3) is 0 Å². The molecule has 146 valence electrons. The van der Waals surface area contributed by atoms with Gasteiger partial charge in [-0.25, -0.2) is 0 Å². The van der Waals surface area contributed by atoms with E-state index in [1.165, 1.54) is 0 Å². The van der Waals surface area contributed by atoms with E-state index in [-0.39, 0.29) is 0 Å². The van der Waals surface area contributed by atoms with Crippen molar-refractivity contribution in [1.82, 2.24) is 10.6 Å². The minimum Gasteiger partial charge on any atom is -0.492 e. The number of benzene rings is 1. The van der Waals surface area contributed by atoms with Crippen LogP contribution in [-0.4, -0.2) is 58.6 Å². The van der Waals surface area contributed by atoms with Gasteiger partial charge >= 0.3 is 0 Å². The largest absolute Gasteiger partial charge is 0.492 e. The molecule has 0 amide bonds. The number of nitrogens with one attached hydrogen (secondary N) is 2. The minimum absolute atomic E-state index is 0.600. The molecule has 0 unspecified atom stereocenters. The Morgan fingerprint density at radius 2 is 1.96 bits per heavy atom. The summed E-state index contributed by atoms with van der Waals surface area (Å²) in [5.74, 6) is 2.38. The van der Waals surface area contributed by atoms with Crippen molar-refractivity contribution in [2.45, 2.75) is 26.2 Å². The van der Waals surface area contributed by atoms with Crippen LogP contribution in [0.4, 0.5) is 0 Å². The Hall–Kier alpha value is -1.79. The zero-order valence-corrected chi connectivity index (χ0v) is 15.9. The van der Waals surface area contributed by atoms with Gasteiger partial charge in [0.15, 0.2) is 5.96 Å². The van der Waals surface area contributed by atoms with E-state index < -0.39 is 0 Å². The van der Waals surface area contributed by atoms with E-state index in [2.05, 4.69) is 22.5 Å². The molecule has 1 aliphatic heterocycles. The number of hydrogen-bond donors (Lipinski definition) is 2. The van der Waals surface area contributed by atoms with Crippen LogP contribution in [0.3, 0.4) is 0 Å². The minimum atomic E-state index is 0.600. The van der Waals surface area contributed by atoms with Crippen LogP contribution in [0.5, 0.6) is 5.75 Å². The monoisotopic (exact) mass is 363 g/mol. The van der Waals surface area contributed by atoms with Crippen molar-refractivity contribution < 1.29 is 14.2 Å².